The third-order valence-corrected chi connectivity index (χ3v) is 5.18. The van der Waals surface area contributed by atoms with Crippen LogP contribution in [0.1, 0.15) is 68.2 Å². The summed E-state index contributed by atoms with van der Waals surface area (Å²) in [6.45, 7) is 7.67. The molecule has 1 aliphatic rings. The van der Waals surface area contributed by atoms with Crippen molar-refractivity contribution < 1.29 is 4.79 Å². The minimum atomic E-state index is 0.629. The summed E-state index contributed by atoms with van der Waals surface area (Å²) in [7, 11) is 0. The molecule has 1 heterocycles. The molecule has 0 spiro atoms. The molecule has 1 aromatic heterocycles. The van der Waals surface area contributed by atoms with E-state index in [0.717, 1.165) is 35.0 Å². The SMILES string of the molecule is CCc1nc(N(CCC(C)C)C2CCCC2)sc1C=O. The Kier molecular flexibility index (Phi) is 5.58. The van der Waals surface area contributed by atoms with E-state index in [1.165, 1.54) is 32.1 Å². The predicted octanol–water partition coefficient (Wildman–Crippen LogP) is 4.31. The summed E-state index contributed by atoms with van der Waals surface area (Å²) in [5.41, 5.74) is 0.965. The van der Waals surface area contributed by atoms with Crippen LogP contribution in [-0.4, -0.2) is 23.9 Å². The molecule has 0 atom stereocenters. The van der Waals surface area contributed by atoms with Crippen molar-refractivity contribution in [2.45, 2.75) is 65.3 Å². The van der Waals surface area contributed by atoms with Crippen molar-refractivity contribution in [1.29, 1.82) is 0 Å². The fourth-order valence-corrected chi connectivity index (χ4v) is 3.93. The summed E-state index contributed by atoms with van der Waals surface area (Å²) in [5, 5.41) is 1.07. The van der Waals surface area contributed by atoms with E-state index < -0.39 is 0 Å². The van der Waals surface area contributed by atoms with Crippen LogP contribution in [0.25, 0.3) is 0 Å². The zero-order valence-electron chi connectivity index (χ0n) is 12.9. The molecular weight excluding hydrogens is 268 g/mol. The maximum absolute atomic E-state index is 11.2. The Hall–Kier alpha value is -0.900. The molecule has 0 amide bonds. The average Bonchev–Trinajstić information content (AvgIpc) is 3.07. The van der Waals surface area contributed by atoms with Crippen LogP contribution in [0.4, 0.5) is 5.13 Å². The lowest BCUT2D eigenvalue weighted by Crippen LogP contribution is -2.34. The molecule has 4 heteroatoms. The molecule has 0 radical (unpaired) electrons. The van der Waals surface area contributed by atoms with Crippen LogP contribution >= 0.6 is 11.3 Å². The highest BCUT2D eigenvalue weighted by Crippen LogP contribution is 2.33. The maximum Gasteiger partial charge on any atom is 0.186 e. The van der Waals surface area contributed by atoms with Gasteiger partial charge in [-0.05, 0) is 31.6 Å². The lowest BCUT2D eigenvalue weighted by atomic mass is 10.1. The highest BCUT2D eigenvalue weighted by molar-refractivity contribution is 7.17. The van der Waals surface area contributed by atoms with Crippen LogP contribution < -0.4 is 4.90 Å². The molecule has 1 aromatic rings. The standard InChI is InChI=1S/C16H26N2OS/c1-4-14-15(11-19)20-16(17-14)18(10-9-12(2)3)13-7-5-6-8-13/h11-13H,4-10H2,1-3H3. The summed E-state index contributed by atoms with van der Waals surface area (Å²) in [6, 6.07) is 0.629. The first kappa shape index (κ1) is 15.5. The molecule has 0 N–H and O–H groups in total. The molecular formula is C16H26N2OS. The Morgan fingerprint density at radius 1 is 1.40 bits per heavy atom. The van der Waals surface area contributed by atoms with Gasteiger partial charge in [-0.15, -0.1) is 0 Å². The van der Waals surface area contributed by atoms with Crippen molar-refractivity contribution in [2.75, 3.05) is 11.4 Å². The smallest absolute Gasteiger partial charge is 0.186 e. The molecule has 3 nitrogen and oxygen atoms in total. The molecule has 1 saturated carbocycles. The Labute approximate surface area is 126 Å². The van der Waals surface area contributed by atoms with Gasteiger partial charge in [-0.2, -0.15) is 0 Å². The normalized spacial score (nSPS) is 16.0. The van der Waals surface area contributed by atoms with Gasteiger partial charge < -0.3 is 4.90 Å². The van der Waals surface area contributed by atoms with Crippen LogP contribution in [0.15, 0.2) is 0 Å². The van der Waals surface area contributed by atoms with E-state index in [4.69, 9.17) is 4.98 Å². The van der Waals surface area contributed by atoms with Gasteiger partial charge >= 0.3 is 0 Å². The van der Waals surface area contributed by atoms with Crippen LogP contribution in [0, 0.1) is 5.92 Å². The van der Waals surface area contributed by atoms with Crippen LogP contribution in [0.5, 0.6) is 0 Å². The Morgan fingerprint density at radius 3 is 2.60 bits per heavy atom. The molecule has 20 heavy (non-hydrogen) atoms. The van der Waals surface area contributed by atoms with Gasteiger partial charge in [0.25, 0.3) is 0 Å². The van der Waals surface area contributed by atoms with E-state index in [0.29, 0.717) is 12.0 Å². The fourth-order valence-electron chi connectivity index (χ4n) is 2.87. The van der Waals surface area contributed by atoms with E-state index in [-0.39, 0.29) is 0 Å². The first-order valence-electron chi connectivity index (χ1n) is 7.87. The molecule has 0 saturated heterocycles. The molecule has 1 aliphatic carbocycles. The van der Waals surface area contributed by atoms with Gasteiger partial charge in [-0.25, -0.2) is 4.98 Å². The first-order valence-corrected chi connectivity index (χ1v) is 8.68. The van der Waals surface area contributed by atoms with E-state index in [1.807, 2.05) is 0 Å². The van der Waals surface area contributed by atoms with Crippen molar-refractivity contribution in [2.24, 2.45) is 5.92 Å². The molecule has 0 aliphatic heterocycles. The molecule has 1 fully saturated rings. The van der Waals surface area contributed by atoms with Crippen LogP contribution in [0.2, 0.25) is 0 Å². The molecule has 112 valence electrons. The number of carbonyl (C=O) groups is 1. The monoisotopic (exact) mass is 294 g/mol. The Bertz CT molecular complexity index is 436. The molecule has 0 bridgehead atoms. The minimum absolute atomic E-state index is 0.629. The summed E-state index contributed by atoms with van der Waals surface area (Å²) < 4.78 is 0. The van der Waals surface area contributed by atoms with Gasteiger partial charge in [0.05, 0.1) is 10.6 Å². The zero-order valence-corrected chi connectivity index (χ0v) is 13.7. The van der Waals surface area contributed by atoms with Crippen molar-refractivity contribution in [1.82, 2.24) is 4.98 Å². The number of anilines is 1. The maximum atomic E-state index is 11.2. The number of carbonyl (C=O) groups excluding carboxylic acids is 1. The Morgan fingerprint density at radius 2 is 2.10 bits per heavy atom. The van der Waals surface area contributed by atoms with Crippen molar-refractivity contribution >= 4 is 22.8 Å². The number of rotatable bonds is 7. The van der Waals surface area contributed by atoms with E-state index in [1.54, 1.807) is 11.3 Å². The highest BCUT2D eigenvalue weighted by Gasteiger charge is 2.25. The van der Waals surface area contributed by atoms with Gasteiger partial charge in [0, 0.05) is 12.6 Å². The zero-order chi connectivity index (χ0) is 14.5. The van der Waals surface area contributed by atoms with Crippen molar-refractivity contribution in [3.05, 3.63) is 10.6 Å². The fraction of sp³-hybridized carbons (Fsp3) is 0.750. The first-order chi connectivity index (χ1) is 9.65. The second-order valence-corrected chi connectivity index (χ2v) is 7.10. The van der Waals surface area contributed by atoms with Gasteiger partial charge in [0.15, 0.2) is 11.4 Å². The number of aromatic nitrogens is 1. The second kappa shape index (κ2) is 7.21. The van der Waals surface area contributed by atoms with Crippen LogP contribution in [-0.2, 0) is 6.42 Å². The van der Waals surface area contributed by atoms with Gasteiger partial charge in [-0.3, -0.25) is 4.79 Å². The molecule has 0 unspecified atom stereocenters. The van der Waals surface area contributed by atoms with Crippen LogP contribution in [0.3, 0.4) is 0 Å². The summed E-state index contributed by atoms with van der Waals surface area (Å²) in [4.78, 5) is 19.2. The second-order valence-electron chi connectivity index (χ2n) is 6.09. The number of aryl methyl sites for hydroxylation is 1. The summed E-state index contributed by atoms with van der Waals surface area (Å²) in [5.74, 6) is 0.704. The van der Waals surface area contributed by atoms with Crippen molar-refractivity contribution in [3.63, 3.8) is 0 Å². The van der Waals surface area contributed by atoms with Gasteiger partial charge in [0.2, 0.25) is 0 Å². The van der Waals surface area contributed by atoms with Crippen molar-refractivity contribution in [3.8, 4) is 0 Å². The number of aldehydes is 1. The Balaban J connectivity index is 2.20. The average molecular weight is 294 g/mol. The summed E-state index contributed by atoms with van der Waals surface area (Å²) >= 11 is 1.58. The number of nitrogens with zero attached hydrogens (tertiary/aromatic N) is 2. The minimum Gasteiger partial charge on any atom is -0.345 e. The highest BCUT2D eigenvalue weighted by atomic mass is 32.1. The third kappa shape index (κ3) is 3.60. The van der Waals surface area contributed by atoms with E-state index in [2.05, 4.69) is 25.7 Å². The lowest BCUT2D eigenvalue weighted by molar-refractivity contribution is 0.112. The summed E-state index contributed by atoms with van der Waals surface area (Å²) in [6.07, 6.45) is 8.20. The van der Waals surface area contributed by atoms with E-state index in [9.17, 15) is 4.79 Å². The predicted molar refractivity (Wildman–Crippen MR) is 85.9 cm³/mol. The number of hydrogen-bond donors (Lipinski definition) is 0. The largest absolute Gasteiger partial charge is 0.345 e. The quantitative estimate of drug-likeness (QED) is 0.702. The van der Waals surface area contributed by atoms with Gasteiger partial charge in [-0.1, -0.05) is 44.9 Å². The number of thiazole rings is 1. The topological polar surface area (TPSA) is 33.2 Å². The van der Waals surface area contributed by atoms with E-state index >= 15 is 0 Å². The molecule has 0 aromatic carbocycles. The lowest BCUT2D eigenvalue weighted by Gasteiger charge is -2.29. The molecule has 2 rings (SSSR count). The third-order valence-electron chi connectivity index (χ3n) is 4.12. The van der Waals surface area contributed by atoms with Gasteiger partial charge in [0.1, 0.15) is 0 Å². The number of hydrogen-bond acceptors (Lipinski definition) is 4.